The number of rotatable bonds is 4. The van der Waals surface area contributed by atoms with Crippen LogP contribution in [-0.4, -0.2) is 15.3 Å². The smallest absolute Gasteiger partial charge is 0.268 e. The van der Waals surface area contributed by atoms with E-state index >= 15 is 0 Å². The van der Waals surface area contributed by atoms with E-state index in [1.54, 1.807) is 28.1 Å². The van der Waals surface area contributed by atoms with Gasteiger partial charge in [0.15, 0.2) is 5.16 Å². The molecule has 0 radical (unpaired) electrons. The van der Waals surface area contributed by atoms with Crippen LogP contribution in [0.4, 0.5) is 0 Å². The summed E-state index contributed by atoms with van der Waals surface area (Å²) < 4.78 is 1.73. The van der Waals surface area contributed by atoms with Gasteiger partial charge in [0.25, 0.3) is 5.56 Å². The summed E-state index contributed by atoms with van der Waals surface area (Å²) in [4.78, 5) is 18.6. The molecule has 0 saturated heterocycles. The highest BCUT2D eigenvalue weighted by Crippen LogP contribution is 2.31. The van der Waals surface area contributed by atoms with Crippen molar-refractivity contribution < 1.29 is 0 Å². The molecule has 1 aliphatic rings. The van der Waals surface area contributed by atoms with Gasteiger partial charge in [-0.2, -0.15) is 0 Å². The lowest BCUT2D eigenvalue weighted by Gasteiger charge is -2.13. The highest BCUT2D eigenvalue weighted by molar-refractivity contribution is 7.99. The van der Waals surface area contributed by atoms with Gasteiger partial charge in [0, 0.05) is 22.9 Å². The number of nitrogens with zero attached hydrogens (tertiary/aromatic N) is 2. The Morgan fingerprint density at radius 2 is 1.88 bits per heavy atom. The third-order valence-corrected chi connectivity index (χ3v) is 6.33. The Balaban J connectivity index is 1.74. The van der Waals surface area contributed by atoms with Gasteiger partial charge in [0.05, 0.1) is 16.3 Å². The summed E-state index contributed by atoms with van der Waals surface area (Å²) in [5.74, 6) is 1.67. The second kappa shape index (κ2) is 7.28. The molecular formula is C19H15ClN2OS2. The third-order valence-electron chi connectivity index (χ3n) is 3.96. The van der Waals surface area contributed by atoms with Crippen molar-refractivity contribution in [1.82, 2.24) is 9.55 Å². The number of benzene rings is 2. The maximum absolute atomic E-state index is 13.0. The molecule has 3 nitrogen and oxygen atoms in total. The Hall–Kier alpha value is -1.69. The van der Waals surface area contributed by atoms with Crippen LogP contribution in [0, 0.1) is 0 Å². The maximum Gasteiger partial charge on any atom is 0.272 e. The predicted octanol–water partition coefficient (Wildman–Crippen LogP) is 4.83. The first-order valence-electron chi connectivity index (χ1n) is 7.94. The molecule has 0 N–H and O–H groups in total. The van der Waals surface area contributed by atoms with Crippen LogP contribution in [0.3, 0.4) is 0 Å². The fourth-order valence-corrected chi connectivity index (χ4v) is 4.86. The van der Waals surface area contributed by atoms with Crippen molar-refractivity contribution >= 4 is 35.1 Å². The van der Waals surface area contributed by atoms with Crippen molar-refractivity contribution in [3.05, 3.63) is 81.2 Å². The first-order valence-corrected chi connectivity index (χ1v) is 10.3. The van der Waals surface area contributed by atoms with Gasteiger partial charge in [-0.3, -0.25) is 9.36 Å². The van der Waals surface area contributed by atoms with E-state index in [1.165, 1.54) is 0 Å². The molecule has 2 heterocycles. The first-order chi connectivity index (χ1) is 12.2. The lowest BCUT2D eigenvalue weighted by molar-refractivity contribution is 0.739. The highest BCUT2D eigenvalue weighted by Gasteiger charge is 2.22. The van der Waals surface area contributed by atoms with E-state index in [0.717, 1.165) is 49.9 Å². The van der Waals surface area contributed by atoms with E-state index in [9.17, 15) is 4.79 Å². The number of aryl methyl sites for hydroxylation is 1. The van der Waals surface area contributed by atoms with Crippen LogP contribution in [-0.2, 0) is 12.2 Å². The summed E-state index contributed by atoms with van der Waals surface area (Å²) in [6, 6.07) is 17.5. The minimum absolute atomic E-state index is 0.0392. The summed E-state index contributed by atoms with van der Waals surface area (Å²) in [7, 11) is 0. The number of thioether (sulfide) groups is 2. The summed E-state index contributed by atoms with van der Waals surface area (Å²) in [5, 5.41) is 1.47. The van der Waals surface area contributed by atoms with Crippen molar-refractivity contribution in [3.63, 3.8) is 0 Å². The fraction of sp³-hybridized carbons (Fsp3) is 0.158. The second-order valence-corrected chi connectivity index (χ2v) is 8.14. The molecule has 4 rings (SSSR count). The molecule has 0 bridgehead atoms. The van der Waals surface area contributed by atoms with Crippen molar-refractivity contribution in [2.75, 3.05) is 5.75 Å². The van der Waals surface area contributed by atoms with Crippen LogP contribution in [0.2, 0.25) is 5.02 Å². The van der Waals surface area contributed by atoms with Gasteiger partial charge < -0.3 is 0 Å². The molecule has 0 fully saturated rings. The molecular weight excluding hydrogens is 372 g/mol. The van der Waals surface area contributed by atoms with Crippen LogP contribution < -0.4 is 5.56 Å². The van der Waals surface area contributed by atoms with E-state index in [4.69, 9.17) is 16.6 Å². The summed E-state index contributed by atoms with van der Waals surface area (Å²) in [6.45, 7) is 0. The van der Waals surface area contributed by atoms with Crippen molar-refractivity contribution in [2.24, 2.45) is 0 Å². The summed E-state index contributed by atoms with van der Waals surface area (Å²) in [6.07, 6.45) is 0.860. The molecule has 126 valence electrons. The zero-order valence-corrected chi connectivity index (χ0v) is 15.7. The van der Waals surface area contributed by atoms with Gasteiger partial charge in [0.2, 0.25) is 0 Å². The zero-order chi connectivity index (χ0) is 17.2. The number of halogens is 1. The molecule has 1 aromatic heterocycles. The van der Waals surface area contributed by atoms with E-state index in [-0.39, 0.29) is 5.56 Å². The molecule has 1 aliphatic heterocycles. The molecule has 0 amide bonds. The molecule has 0 spiro atoms. The number of aromatic nitrogens is 2. The topological polar surface area (TPSA) is 34.9 Å². The van der Waals surface area contributed by atoms with Gasteiger partial charge in [-0.25, -0.2) is 4.98 Å². The van der Waals surface area contributed by atoms with Gasteiger partial charge in [-0.05, 0) is 29.8 Å². The average molecular weight is 387 g/mol. The second-order valence-electron chi connectivity index (χ2n) is 5.66. The standard InChI is InChI=1S/C19H15ClN2OS2/c20-14-8-6-13(7-9-14)12-25-19-21-16-10-11-24-17(16)18(23)22(19)15-4-2-1-3-5-15/h1-9H,10-12H2. The van der Waals surface area contributed by atoms with Crippen LogP contribution in [0.15, 0.2) is 69.4 Å². The zero-order valence-electron chi connectivity index (χ0n) is 13.3. The first kappa shape index (κ1) is 16.8. The molecule has 6 heteroatoms. The Bertz CT molecular complexity index is 956. The van der Waals surface area contributed by atoms with Crippen LogP contribution >= 0.6 is 35.1 Å². The lowest BCUT2D eigenvalue weighted by atomic mass is 10.2. The van der Waals surface area contributed by atoms with Crippen LogP contribution in [0.5, 0.6) is 0 Å². The molecule has 25 heavy (non-hydrogen) atoms. The monoisotopic (exact) mass is 386 g/mol. The number of fused-ring (bicyclic) bond motifs is 1. The Labute approximate surface area is 159 Å². The van der Waals surface area contributed by atoms with Crippen molar-refractivity contribution in [1.29, 1.82) is 0 Å². The third kappa shape index (κ3) is 3.50. The molecule has 0 saturated carbocycles. The number of hydrogen-bond acceptors (Lipinski definition) is 4. The largest absolute Gasteiger partial charge is 0.272 e. The van der Waals surface area contributed by atoms with Crippen LogP contribution in [0.1, 0.15) is 11.3 Å². The molecule has 2 aromatic carbocycles. The van der Waals surface area contributed by atoms with E-state index < -0.39 is 0 Å². The fourth-order valence-electron chi connectivity index (χ4n) is 2.72. The SMILES string of the molecule is O=c1c2c(nc(SCc3ccc(Cl)cc3)n1-c1ccccc1)CCS2. The minimum atomic E-state index is 0.0392. The Kier molecular flexibility index (Phi) is 4.88. The van der Waals surface area contributed by atoms with Gasteiger partial charge in [0.1, 0.15) is 0 Å². The van der Waals surface area contributed by atoms with Crippen molar-refractivity contribution in [2.45, 2.75) is 22.2 Å². The molecule has 3 aromatic rings. The van der Waals surface area contributed by atoms with E-state index in [0.29, 0.717) is 0 Å². The molecule has 0 atom stereocenters. The van der Waals surface area contributed by atoms with Crippen molar-refractivity contribution in [3.8, 4) is 5.69 Å². The van der Waals surface area contributed by atoms with Crippen LogP contribution in [0.25, 0.3) is 5.69 Å². The van der Waals surface area contributed by atoms with Gasteiger partial charge >= 0.3 is 0 Å². The maximum atomic E-state index is 13.0. The normalized spacial score (nSPS) is 13.0. The number of para-hydroxylation sites is 1. The average Bonchev–Trinajstić information content (AvgIpc) is 3.11. The molecule has 0 aliphatic carbocycles. The quantitative estimate of drug-likeness (QED) is 0.475. The summed E-state index contributed by atoms with van der Waals surface area (Å²) in [5.41, 5.74) is 2.98. The highest BCUT2D eigenvalue weighted by atomic mass is 35.5. The molecule has 0 unspecified atom stereocenters. The van der Waals surface area contributed by atoms with E-state index in [1.807, 2.05) is 54.6 Å². The van der Waals surface area contributed by atoms with E-state index in [2.05, 4.69) is 0 Å². The Morgan fingerprint density at radius 3 is 2.64 bits per heavy atom. The summed E-state index contributed by atoms with van der Waals surface area (Å²) >= 11 is 9.14. The Morgan fingerprint density at radius 1 is 1.12 bits per heavy atom. The lowest BCUT2D eigenvalue weighted by Crippen LogP contribution is -2.23. The van der Waals surface area contributed by atoms with Gasteiger partial charge in [-0.15, -0.1) is 11.8 Å². The minimum Gasteiger partial charge on any atom is -0.268 e. The predicted molar refractivity (Wildman–Crippen MR) is 105 cm³/mol. The number of hydrogen-bond donors (Lipinski definition) is 0. The van der Waals surface area contributed by atoms with Gasteiger partial charge in [-0.1, -0.05) is 53.7 Å².